The fraction of sp³-hybridized carbons (Fsp3) is 0.545. The molecule has 0 aliphatic rings. The van der Waals surface area contributed by atoms with Gasteiger partial charge in [-0.2, -0.15) is 0 Å². The van der Waals surface area contributed by atoms with E-state index >= 15 is 0 Å². The fourth-order valence-corrected chi connectivity index (χ4v) is 1.87. The van der Waals surface area contributed by atoms with Crippen LogP contribution in [0.4, 0.5) is 5.69 Å². The fourth-order valence-electron chi connectivity index (χ4n) is 1.31. The molecule has 0 amide bonds. The average Bonchev–Trinajstić information content (AvgIpc) is 2.26. The molecular formula is C11H18N2O3S. The molecule has 0 spiro atoms. The molecule has 0 saturated heterocycles. The van der Waals surface area contributed by atoms with E-state index in [0.29, 0.717) is 13.2 Å². The first-order chi connectivity index (χ1) is 7.93. The van der Waals surface area contributed by atoms with E-state index in [2.05, 4.69) is 10.3 Å². The Balaban J connectivity index is 2.63. The molecule has 0 aliphatic carbocycles. The summed E-state index contributed by atoms with van der Waals surface area (Å²) in [7, 11) is -3.23. The van der Waals surface area contributed by atoms with Crippen LogP contribution < -0.4 is 5.32 Å². The maximum atomic E-state index is 11.2. The highest BCUT2D eigenvalue weighted by atomic mass is 32.2. The summed E-state index contributed by atoms with van der Waals surface area (Å²) >= 11 is 0. The highest BCUT2D eigenvalue weighted by Crippen LogP contribution is 2.11. The van der Waals surface area contributed by atoms with Crippen LogP contribution >= 0.6 is 0 Å². The number of nitrogens with zero attached hydrogens (tertiary/aromatic N) is 1. The van der Waals surface area contributed by atoms with Crippen molar-refractivity contribution < 1.29 is 13.2 Å². The lowest BCUT2D eigenvalue weighted by atomic mass is 10.3. The Hall–Kier alpha value is -1.14. The summed E-state index contributed by atoms with van der Waals surface area (Å²) in [5, 5.41) is 3.26. The van der Waals surface area contributed by atoms with Crippen LogP contribution in [-0.2, 0) is 14.6 Å². The lowest BCUT2D eigenvalue weighted by molar-refractivity contribution is 0.141. The Labute approximate surface area is 102 Å². The van der Waals surface area contributed by atoms with Crippen LogP contribution in [0.15, 0.2) is 23.4 Å². The number of rotatable bonds is 6. The molecular weight excluding hydrogens is 240 g/mol. The minimum absolute atomic E-state index is 0.0838. The summed E-state index contributed by atoms with van der Waals surface area (Å²) in [4.78, 5) is 3.89. The van der Waals surface area contributed by atoms with Gasteiger partial charge in [-0.1, -0.05) is 0 Å². The van der Waals surface area contributed by atoms with Gasteiger partial charge in [-0.3, -0.25) is 0 Å². The van der Waals surface area contributed by atoms with Gasteiger partial charge in [-0.05, 0) is 26.0 Å². The van der Waals surface area contributed by atoms with Crippen molar-refractivity contribution in [2.24, 2.45) is 0 Å². The van der Waals surface area contributed by atoms with E-state index in [-0.39, 0.29) is 11.1 Å². The number of ether oxygens (including phenoxy) is 1. The van der Waals surface area contributed by atoms with Crippen molar-refractivity contribution in [3.05, 3.63) is 18.3 Å². The second-order valence-electron chi connectivity index (χ2n) is 3.86. The third-order valence-corrected chi connectivity index (χ3v) is 3.10. The van der Waals surface area contributed by atoms with Crippen LogP contribution in [0.3, 0.4) is 0 Å². The van der Waals surface area contributed by atoms with E-state index in [1.54, 1.807) is 6.07 Å². The monoisotopic (exact) mass is 258 g/mol. The van der Waals surface area contributed by atoms with E-state index in [4.69, 9.17) is 4.74 Å². The van der Waals surface area contributed by atoms with Gasteiger partial charge < -0.3 is 10.1 Å². The van der Waals surface area contributed by atoms with Crippen LogP contribution in [0.5, 0.6) is 0 Å². The molecule has 1 N–H and O–H groups in total. The Morgan fingerprint density at radius 2 is 2.18 bits per heavy atom. The molecule has 0 aliphatic heterocycles. The summed E-state index contributed by atoms with van der Waals surface area (Å²) in [6, 6.07) is 3.34. The van der Waals surface area contributed by atoms with Gasteiger partial charge >= 0.3 is 0 Å². The molecule has 5 nitrogen and oxygen atoms in total. The lowest BCUT2D eigenvalue weighted by Crippen LogP contribution is -2.21. The number of pyridine rings is 1. The highest BCUT2D eigenvalue weighted by molar-refractivity contribution is 7.90. The van der Waals surface area contributed by atoms with Crippen LogP contribution in [0.1, 0.15) is 13.8 Å². The molecule has 1 rings (SSSR count). The van der Waals surface area contributed by atoms with Crippen LogP contribution in [-0.4, -0.2) is 38.9 Å². The zero-order chi connectivity index (χ0) is 12.9. The van der Waals surface area contributed by atoms with Gasteiger partial charge in [0, 0.05) is 18.9 Å². The van der Waals surface area contributed by atoms with Gasteiger partial charge in [0.15, 0.2) is 14.9 Å². The van der Waals surface area contributed by atoms with Gasteiger partial charge in [0.1, 0.15) is 0 Å². The van der Waals surface area contributed by atoms with Crippen molar-refractivity contribution in [1.29, 1.82) is 0 Å². The zero-order valence-electron chi connectivity index (χ0n) is 10.3. The highest BCUT2D eigenvalue weighted by Gasteiger charge is 2.08. The van der Waals surface area contributed by atoms with Crippen molar-refractivity contribution >= 4 is 15.5 Å². The largest absolute Gasteiger partial charge is 0.380 e. The predicted octanol–water partition coefficient (Wildman–Crippen LogP) is 1.32. The van der Waals surface area contributed by atoms with Crippen molar-refractivity contribution in [1.82, 2.24) is 4.98 Å². The Morgan fingerprint density at radius 1 is 1.47 bits per heavy atom. The number of sulfone groups is 1. The molecule has 1 unspecified atom stereocenters. The SMILES string of the molecule is CCOCC(C)Nc1ccc(S(C)(=O)=O)nc1. The number of hydrogen-bond acceptors (Lipinski definition) is 5. The Kier molecular flexibility index (Phi) is 4.89. The van der Waals surface area contributed by atoms with Crippen molar-refractivity contribution in [3.8, 4) is 0 Å². The summed E-state index contributed by atoms with van der Waals surface area (Å²) in [5.41, 5.74) is 0.782. The molecule has 6 heteroatoms. The first-order valence-corrected chi connectivity index (χ1v) is 7.33. The van der Waals surface area contributed by atoms with E-state index in [0.717, 1.165) is 11.9 Å². The molecule has 0 saturated carbocycles. The van der Waals surface area contributed by atoms with Crippen LogP contribution in [0.2, 0.25) is 0 Å². The number of hydrogen-bond donors (Lipinski definition) is 1. The van der Waals surface area contributed by atoms with Crippen molar-refractivity contribution in [2.75, 3.05) is 24.8 Å². The normalized spacial score (nSPS) is 13.4. The quantitative estimate of drug-likeness (QED) is 0.833. The predicted molar refractivity (Wildman–Crippen MR) is 66.9 cm³/mol. The second-order valence-corrected chi connectivity index (χ2v) is 5.82. The van der Waals surface area contributed by atoms with Gasteiger partial charge in [0.2, 0.25) is 0 Å². The summed E-state index contributed by atoms with van der Waals surface area (Å²) in [5.74, 6) is 0. The van der Waals surface area contributed by atoms with Gasteiger partial charge in [0.05, 0.1) is 18.5 Å². The van der Waals surface area contributed by atoms with Gasteiger partial charge in [0.25, 0.3) is 0 Å². The standard InChI is InChI=1S/C11H18N2O3S/c1-4-16-8-9(2)13-10-5-6-11(12-7-10)17(3,14)15/h5-7,9,13H,4,8H2,1-3H3. The summed E-state index contributed by atoms with van der Waals surface area (Å²) in [6.07, 6.45) is 2.65. The minimum Gasteiger partial charge on any atom is -0.380 e. The number of aromatic nitrogens is 1. The first kappa shape index (κ1) is 13.9. The van der Waals surface area contributed by atoms with Gasteiger partial charge in [-0.15, -0.1) is 0 Å². The third-order valence-electron chi connectivity index (χ3n) is 2.10. The van der Waals surface area contributed by atoms with Crippen molar-refractivity contribution in [2.45, 2.75) is 24.9 Å². The molecule has 0 bridgehead atoms. The summed E-state index contributed by atoms with van der Waals surface area (Å²) < 4.78 is 27.7. The number of nitrogens with one attached hydrogen (secondary N) is 1. The molecule has 1 atom stereocenters. The van der Waals surface area contributed by atoms with Crippen LogP contribution in [0, 0.1) is 0 Å². The van der Waals surface area contributed by atoms with E-state index < -0.39 is 9.84 Å². The second kappa shape index (κ2) is 5.97. The molecule has 0 aromatic carbocycles. The molecule has 17 heavy (non-hydrogen) atoms. The molecule has 0 fully saturated rings. The lowest BCUT2D eigenvalue weighted by Gasteiger charge is -2.14. The Bertz CT molecular complexity index is 442. The van der Waals surface area contributed by atoms with Crippen molar-refractivity contribution in [3.63, 3.8) is 0 Å². The molecule has 96 valence electrons. The Morgan fingerprint density at radius 3 is 2.65 bits per heavy atom. The first-order valence-electron chi connectivity index (χ1n) is 5.44. The maximum absolute atomic E-state index is 11.2. The van der Waals surface area contributed by atoms with Crippen LogP contribution in [0.25, 0.3) is 0 Å². The van der Waals surface area contributed by atoms with Gasteiger partial charge in [-0.25, -0.2) is 13.4 Å². The summed E-state index contributed by atoms with van der Waals surface area (Å²) in [6.45, 7) is 5.21. The van der Waals surface area contributed by atoms with E-state index in [1.165, 1.54) is 12.3 Å². The molecule has 0 radical (unpaired) electrons. The number of anilines is 1. The topological polar surface area (TPSA) is 68.3 Å². The molecule has 1 aromatic heterocycles. The minimum atomic E-state index is -3.23. The van der Waals surface area contributed by atoms with E-state index in [9.17, 15) is 8.42 Å². The smallest absolute Gasteiger partial charge is 0.192 e. The molecule has 1 heterocycles. The molecule has 1 aromatic rings. The zero-order valence-corrected chi connectivity index (χ0v) is 11.1. The third kappa shape index (κ3) is 4.70. The van der Waals surface area contributed by atoms with E-state index in [1.807, 2.05) is 13.8 Å². The average molecular weight is 258 g/mol. The maximum Gasteiger partial charge on any atom is 0.192 e.